The van der Waals surface area contributed by atoms with E-state index in [9.17, 15) is 4.79 Å². The molecule has 0 saturated carbocycles. The van der Waals surface area contributed by atoms with Crippen LogP contribution in [-0.2, 0) is 6.42 Å². The zero-order valence-electron chi connectivity index (χ0n) is 11.8. The van der Waals surface area contributed by atoms with Gasteiger partial charge in [-0.25, -0.2) is 9.50 Å². The van der Waals surface area contributed by atoms with Crippen LogP contribution in [0, 0.1) is 0 Å². The minimum atomic E-state index is 0.533. The van der Waals surface area contributed by atoms with Crippen molar-refractivity contribution < 1.29 is 4.79 Å². The van der Waals surface area contributed by atoms with Gasteiger partial charge in [-0.3, -0.25) is 4.79 Å². The topological polar surface area (TPSA) is 50.5 Å². The summed E-state index contributed by atoms with van der Waals surface area (Å²) in [6, 6.07) is 6.03. The second-order valence-electron chi connectivity index (χ2n) is 5.35. The predicted octanol–water partition coefficient (Wildman–Crippen LogP) is 1.96. The van der Waals surface area contributed by atoms with Crippen molar-refractivity contribution in [2.45, 2.75) is 38.6 Å². The lowest BCUT2D eigenvalue weighted by Crippen LogP contribution is -2.40. The molecule has 5 heteroatoms. The van der Waals surface area contributed by atoms with Gasteiger partial charge in [-0.05, 0) is 38.1 Å². The molecule has 2 aromatic heterocycles. The molecule has 106 valence electrons. The number of hydrogen-bond donors (Lipinski definition) is 0. The Bertz CT molecular complexity index is 607. The van der Waals surface area contributed by atoms with Gasteiger partial charge in [0, 0.05) is 12.5 Å². The summed E-state index contributed by atoms with van der Waals surface area (Å²) in [6.07, 6.45) is 5.48. The summed E-state index contributed by atoms with van der Waals surface area (Å²) in [6.45, 7) is 4.46. The van der Waals surface area contributed by atoms with Gasteiger partial charge in [-0.15, -0.1) is 0 Å². The van der Waals surface area contributed by atoms with Crippen molar-refractivity contribution in [1.82, 2.24) is 19.5 Å². The molecule has 0 bridgehead atoms. The van der Waals surface area contributed by atoms with E-state index in [1.54, 1.807) is 10.6 Å². The molecule has 20 heavy (non-hydrogen) atoms. The molecule has 1 aliphatic rings. The van der Waals surface area contributed by atoms with E-state index in [2.05, 4.69) is 21.9 Å². The molecule has 3 rings (SSSR count). The first-order valence-electron chi connectivity index (χ1n) is 7.35. The second kappa shape index (κ2) is 5.71. The van der Waals surface area contributed by atoms with Gasteiger partial charge >= 0.3 is 0 Å². The molecule has 1 atom stereocenters. The summed E-state index contributed by atoms with van der Waals surface area (Å²) in [7, 11) is 0. The van der Waals surface area contributed by atoms with Crippen LogP contribution in [0.25, 0.3) is 5.65 Å². The number of likely N-dealkylation sites (tertiary alicyclic amines) is 1. The molecule has 0 aromatic carbocycles. The van der Waals surface area contributed by atoms with Crippen LogP contribution in [-0.4, -0.2) is 44.9 Å². The highest BCUT2D eigenvalue weighted by atomic mass is 16.1. The largest absolute Gasteiger partial charge is 0.300 e. The number of carbonyl (C=O) groups is 1. The Balaban J connectivity index is 1.85. The van der Waals surface area contributed by atoms with Crippen molar-refractivity contribution in [3.05, 3.63) is 29.7 Å². The highest BCUT2D eigenvalue weighted by Gasteiger charge is 2.22. The lowest BCUT2D eigenvalue weighted by atomic mass is 9.99. The Labute approximate surface area is 118 Å². The first kappa shape index (κ1) is 13.2. The van der Waals surface area contributed by atoms with Gasteiger partial charge in [-0.2, -0.15) is 5.10 Å². The van der Waals surface area contributed by atoms with Crippen molar-refractivity contribution in [3.63, 3.8) is 0 Å². The highest BCUT2D eigenvalue weighted by Crippen LogP contribution is 2.19. The Hall–Kier alpha value is -1.75. The molecule has 1 fully saturated rings. The van der Waals surface area contributed by atoms with Crippen LogP contribution in [0.4, 0.5) is 0 Å². The molecule has 2 aromatic rings. The number of aromatic nitrogens is 3. The molecule has 1 saturated heterocycles. The fourth-order valence-electron chi connectivity index (χ4n) is 3.06. The van der Waals surface area contributed by atoms with Crippen molar-refractivity contribution in [1.29, 1.82) is 0 Å². The maximum absolute atomic E-state index is 11.0. The van der Waals surface area contributed by atoms with Gasteiger partial charge in [-0.1, -0.05) is 19.4 Å². The molecule has 1 unspecified atom stereocenters. The Morgan fingerprint density at radius 1 is 1.40 bits per heavy atom. The average molecular weight is 272 g/mol. The molecule has 0 N–H and O–H groups in total. The number of hydrogen-bond acceptors (Lipinski definition) is 4. The molecular weight excluding hydrogens is 252 g/mol. The Morgan fingerprint density at radius 3 is 3.10 bits per heavy atom. The van der Waals surface area contributed by atoms with Crippen LogP contribution in [0.3, 0.4) is 0 Å². The maximum atomic E-state index is 11.0. The van der Waals surface area contributed by atoms with E-state index in [4.69, 9.17) is 0 Å². The van der Waals surface area contributed by atoms with E-state index in [-0.39, 0.29) is 0 Å². The standard InChI is InChI=1S/C15H20N4O/c1-2-18-9-4-3-6-12(18)10-14-16-15-8-5-7-13(11-20)19(15)17-14/h5,7-8,11-12H,2-4,6,9-10H2,1H3. The van der Waals surface area contributed by atoms with Crippen molar-refractivity contribution in [3.8, 4) is 0 Å². The first-order chi connectivity index (χ1) is 9.81. The van der Waals surface area contributed by atoms with Gasteiger partial charge in [0.2, 0.25) is 0 Å². The number of nitrogens with zero attached hydrogens (tertiary/aromatic N) is 4. The molecule has 1 aliphatic heterocycles. The minimum absolute atomic E-state index is 0.533. The van der Waals surface area contributed by atoms with Gasteiger partial charge in [0.05, 0.1) is 0 Å². The quantitative estimate of drug-likeness (QED) is 0.798. The van der Waals surface area contributed by atoms with E-state index < -0.39 is 0 Å². The van der Waals surface area contributed by atoms with E-state index in [0.29, 0.717) is 11.7 Å². The van der Waals surface area contributed by atoms with Gasteiger partial charge in [0.1, 0.15) is 5.69 Å². The third-order valence-corrected chi connectivity index (χ3v) is 4.13. The Morgan fingerprint density at radius 2 is 2.30 bits per heavy atom. The molecule has 0 spiro atoms. The van der Waals surface area contributed by atoms with Crippen molar-refractivity contribution in [2.75, 3.05) is 13.1 Å². The minimum Gasteiger partial charge on any atom is -0.300 e. The third-order valence-electron chi connectivity index (χ3n) is 4.13. The summed E-state index contributed by atoms with van der Waals surface area (Å²) in [4.78, 5) is 18.1. The SMILES string of the molecule is CCN1CCCCC1Cc1nc2cccc(C=O)n2n1. The van der Waals surface area contributed by atoms with Crippen molar-refractivity contribution in [2.24, 2.45) is 0 Å². The summed E-state index contributed by atoms with van der Waals surface area (Å²) in [5.41, 5.74) is 1.31. The normalized spacial score (nSPS) is 20.4. The number of likely N-dealkylation sites (N-methyl/N-ethyl adjacent to an activating group) is 1. The molecular formula is C15H20N4O. The molecule has 5 nitrogen and oxygen atoms in total. The fraction of sp³-hybridized carbons (Fsp3) is 0.533. The zero-order chi connectivity index (χ0) is 13.9. The molecule has 0 radical (unpaired) electrons. The Kier molecular flexibility index (Phi) is 3.78. The summed E-state index contributed by atoms with van der Waals surface area (Å²) in [5, 5.41) is 4.49. The van der Waals surface area contributed by atoms with Crippen molar-refractivity contribution >= 4 is 11.9 Å². The van der Waals surface area contributed by atoms with E-state index in [1.165, 1.54) is 25.8 Å². The molecule has 0 amide bonds. The number of piperidine rings is 1. The monoisotopic (exact) mass is 272 g/mol. The van der Waals surface area contributed by atoms with E-state index in [1.807, 2.05) is 12.1 Å². The molecule has 3 heterocycles. The summed E-state index contributed by atoms with van der Waals surface area (Å²) >= 11 is 0. The lowest BCUT2D eigenvalue weighted by molar-refractivity contribution is 0.111. The summed E-state index contributed by atoms with van der Waals surface area (Å²) in [5.74, 6) is 0.838. The average Bonchev–Trinajstić information content (AvgIpc) is 2.90. The van der Waals surface area contributed by atoms with Crippen LogP contribution in [0.2, 0.25) is 0 Å². The third kappa shape index (κ3) is 2.45. The smallest absolute Gasteiger partial charge is 0.168 e. The number of fused-ring (bicyclic) bond motifs is 1. The maximum Gasteiger partial charge on any atom is 0.168 e. The van der Waals surface area contributed by atoms with E-state index in [0.717, 1.165) is 30.7 Å². The number of aldehydes is 1. The number of carbonyl (C=O) groups excluding carboxylic acids is 1. The number of rotatable bonds is 4. The first-order valence-corrected chi connectivity index (χ1v) is 7.35. The second-order valence-corrected chi connectivity index (χ2v) is 5.35. The van der Waals surface area contributed by atoms with Gasteiger partial charge in [0.15, 0.2) is 17.8 Å². The highest BCUT2D eigenvalue weighted by molar-refractivity contribution is 5.73. The predicted molar refractivity (Wildman–Crippen MR) is 77.0 cm³/mol. The van der Waals surface area contributed by atoms with Crippen LogP contribution < -0.4 is 0 Å². The van der Waals surface area contributed by atoms with Gasteiger partial charge in [0.25, 0.3) is 0 Å². The zero-order valence-corrected chi connectivity index (χ0v) is 11.8. The molecule has 0 aliphatic carbocycles. The fourth-order valence-corrected chi connectivity index (χ4v) is 3.06. The van der Waals surface area contributed by atoms with Crippen LogP contribution in [0.1, 0.15) is 42.5 Å². The van der Waals surface area contributed by atoms with E-state index >= 15 is 0 Å². The summed E-state index contributed by atoms with van der Waals surface area (Å²) < 4.78 is 1.64. The number of pyridine rings is 1. The van der Waals surface area contributed by atoms with Crippen LogP contribution in [0.15, 0.2) is 18.2 Å². The van der Waals surface area contributed by atoms with Gasteiger partial charge < -0.3 is 4.90 Å². The van der Waals surface area contributed by atoms with Crippen LogP contribution in [0.5, 0.6) is 0 Å². The lowest BCUT2D eigenvalue weighted by Gasteiger charge is -2.34. The van der Waals surface area contributed by atoms with Crippen LogP contribution >= 0.6 is 0 Å².